The van der Waals surface area contributed by atoms with Gasteiger partial charge in [-0.05, 0) is 19.8 Å². The Morgan fingerprint density at radius 1 is 1.59 bits per heavy atom. The molecule has 1 aromatic rings. The van der Waals surface area contributed by atoms with Gasteiger partial charge in [-0.1, -0.05) is 5.16 Å². The SMILES string of the molecule is Cc1cc(NC(=O)C2(CN)CCOCC2)on1. The van der Waals surface area contributed by atoms with Crippen LogP contribution < -0.4 is 11.1 Å². The van der Waals surface area contributed by atoms with Gasteiger partial charge in [0.25, 0.3) is 0 Å². The first kappa shape index (κ1) is 12.1. The van der Waals surface area contributed by atoms with Crippen molar-refractivity contribution in [2.24, 2.45) is 11.1 Å². The number of nitrogens with zero attached hydrogens (tertiary/aromatic N) is 1. The Kier molecular flexibility index (Phi) is 3.44. The summed E-state index contributed by atoms with van der Waals surface area (Å²) in [6, 6.07) is 1.68. The summed E-state index contributed by atoms with van der Waals surface area (Å²) in [5, 5.41) is 6.44. The minimum Gasteiger partial charge on any atom is -0.381 e. The summed E-state index contributed by atoms with van der Waals surface area (Å²) in [7, 11) is 0. The zero-order chi connectivity index (χ0) is 12.3. The molecule has 0 saturated carbocycles. The second-order valence-corrected chi connectivity index (χ2v) is 4.38. The van der Waals surface area contributed by atoms with Crippen LogP contribution in [0.2, 0.25) is 0 Å². The number of ether oxygens (including phenoxy) is 1. The van der Waals surface area contributed by atoms with Gasteiger partial charge in [0.05, 0.1) is 11.1 Å². The highest BCUT2D eigenvalue weighted by atomic mass is 16.5. The van der Waals surface area contributed by atoms with Crippen LogP contribution in [0.1, 0.15) is 18.5 Å². The number of amides is 1. The number of hydrogen-bond donors (Lipinski definition) is 2. The first-order valence-corrected chi connectivity index (χ1v) is 5.69. The molecule has 1 saturated heterocycles. The minimum absolute atomic E-state index is 0.112. The molecule has 0 aromatic carbocycles. The van der Waals surface area contributed by atoms with E-state index in [2.05, 4.69) is 10.5 Å². The van der Waals surface area contributed by atoms with Gasteiger partial charge in [-0.25, -0.2) is 0 Å². The van der Waals surface area contributed by atoms with Crippen molar-refractivity contribution >= 4 is 11.8 Å². The normalized spacial score (nSPS) is 18.9. The third-order valence-corrected chi connectivity index (χ3v) is 3.19. The molecule has 1 amide bonds. The highest BCUT2D eigenvalue weighted by Crippen LogP contribution is 2.30. The monoisotopic (exact) mass is 239 g/mol. The van der Waals surface area contributed by atoms with E-state index >= 15 is 0 Å². The largest absolute Gasteiger partial charge is 0.381 e. The molecule has 6 nitrogen and oxygen atoms in total. The Balaban J connectivity index is 2.07. The van der Waals surface area contributed by atoms with E-state index in [9.17, 15) is 4.79 Å². The van der Waals surface area contributed by atoms with Crippen molar-refractivity contribution in [1.29, 1.82) is 0 Å². The van der Waals surface area contributed by atoms with Crippen LogP contribution in [0.5, 0.6) is 0 Å². The number of aryl methyl sites for hydroxylation is 1. The second-order valence-electron chi connectivity index (χ2n) is 4.38. The van der Waals surface area contributed by atoms with Crippen molar-refractivity contribution in [1.82, 2.24) is 5.16 Å². The van der Waals surface area contributed by atoms with Gasteiger partial charge in [0.1, 0.15) is 0 Å². The van der Waals surface area contributed by atoms with Crippen LogP contribution in [0.4, 0.5) is 5.88 Å². The van der Waals surface area contributed by atoms with Gasteiger partial charge in [0, 0.05) is 25.8 Å². The standard InChI is InChI=1S/C11H17N3O3/c1-8-6-9(17-14-8)13-10(15)11(7-12)2-4-16-5-3-11/h6H,2-5,7,12H2,1H3,(H,13,15). The number of hydrogen-bond acceptors (Lipinski definition) is 5. The molecule has 1 aliphatic rings. The molecule has 94 valence electrons. The average molecular weight is 239 g/mol. The molecular formula is C11H17N3O3. The molecule has 17 heavy (non-hydrogen) atoms. The van der Waals surface area contributed by atoms with E-state index in [-0.39, 0.29) is 5.91 Å². The first-order chi connectivity index (χ1) is 8.16. The van der Waals surface area contributed by atoms with Crippen molar-refractivity contribution < 1.29 is 14.1 Å². The van der Waals surface area contributed by atoms with Crippen LogP contribution in [0.15, 0.2) is 10.6 Å². The van der Waals surface area contributed by atoms with E-state index in [1.807, 2.05) is 0 Å². The molecule has 1 aromatic heterocycles. The molecule has 3 N–H and O–H groups in total. The van der Waals surface area contributed by atoms with Crippen molar-refractivity contribution in [3.8, 4) is 0 Å². The maximum Gasteiger partial charge on any atom is 0.234 e. The molecule has 0 bridgehead atoms. The third kappa shape index (κ3) is 2.48. The van der Waals surface area contributed by atoms with Crippen LogP contribution in [-0.2, 0) is 9.53 Å². The predicted molar refractivity (Wildman–Crippen MR) is 61.4 cm³/mol. The lowest BCUT2D eigenvalue weighted by molar-refractivity contribution is -0.130. The van der Waals surface area contributed by atoms with Crippen LogP contribution in [0.25, 0.3) is 0 Å². The summed E-state index contributed by atoms with van der Waals surface area (Å²) < 4.78 is 10.2. The van der Waals surface area contributed by atoms with Crippen molar-refractivity contribution in [2.75, 3.05) is 25.1 Å². The molecule has 2 rings (SSSR count). The number of carbonyl (C=O) groups is 1. The molecule has 2 heterocycles. The zero-order valence-corrected chi connectivity index (χ0v) is 9.86. The van der Waals surface area contributed by atoms with Crippen LogP contribution in [0, 0.1) is 12.3 Å². The van der Waals surface area contributed by atoms with E-state index in [0.717, 1.165) is 5.69 Å². The third-order valence-electron chi connectivity index (χ3n) is 3.19. The van der Waals surface area contributed by atoms with Crippen LogP contribution >= 0.6 is 0 Å². The van der Waals surface area contributed by atoms with Gasteiger partial charge in [0.15, 0.2) is 0 Å². The van der Waals surface area contributed by atoms with Gasteiger partial charge >= 0.3 is 0 Å². The predicted octanol–water partition coefficient (Wildman–Crippen LogP) is 0.677. The smallest absolute Gasteiger partial charge is 0.234 e. The Bertz CT molecular complexity index is 396. The Labute approximate surface area is 99.5 Å². The van der Waals surface area contributed by atoms with E-state index in [0.29, 0.717) is 38.5 Å². The summed E-state index contributed by atoms with van der Waals surface area (Å²) in [5.74, 6) is 0.256. The van der Waals surface area contributed by atoms with Crippen molar-refractivity contribution in [2.45, 2.75) is 19.8 Å². The van der Waals surface area contributed by atoms with Crippen molar-refractivity contribution in [3.05, 3.63) is 11.8 Å². The quantitative estimate of drug-likeness (QED) is 0.809. The fraction of sp³-hybridized carbons (Fsp3) is 0.636. The number of nitrogens with one attached hydrogen (secondary N) is 1. The maximum atomic E-state index is 12.2. The lowest BCUT2D eigenvalue weighted by Gasteiger charge is -2.33. The summed E-state index contributed by atoms with van der Waals surface area (Å²) in [5.41, 5.74) is 5.92. The molecule has 0 radical (unpaired) electrons. The van der Waals surface area contributed by atoms with E-state index in [1.165, 1.54) is 0 Å². The van der Waals surface area contributed by atoms with Gasteiger partial charge in [-0.15, -0.1) is 0 Å². The molecular weight excluding hydrogens is 222 g/mol. The van der Waals surface area contributed by atoms with Crippen molar-refractivity contribution in [3.63, 3.8) is 0 Å². The first-order valence-electron chi connectivity index (χ1n) is 5.69. The molecule has 0 spiro atoms. The summed E-state index contributed by atoms with van der Waals surface area (Å²) in [4.78, 5) is 12.2. The van der Waals surface area contributed by atoms with E-state index in [4.69, 9.17) is 15.0 Å². The number of anilines is 1. The summed E-state index contributed by atoms with van der Waals surface area (Å²) in [6.07, 6.45) is 1.28. The fourth-order valence-corrected chi connectivity index (χ4v) is 1.95. The summed E-state index contributed by atoms with van der Waals surface area (Å²) >= 11 is 0. The van der Waals surface area contributed by atoms with E-state index < -0.39 is 5.41 Å². The Hall–Kier alpha value is -1.40. The number of carbonyl (C=O) groups excluding carboxylic acids is 1. The molecule has 0 unspecified atom stereocenters. The summed E-state index contributed by atoms with van der Waals surface area (Å²) in [6.45, 7) is 3.25. The van der Waals surface area contributed by atoms with Gasteiger partial charge in [0.2, 0.25) is 11.8 Å². The lowest BCUT2D eigenvalue weighted by atomic mass is 9.79. The highest BCUT2D eigenvalue weighted by molar-refractivity contribution is 5.94. The molecule has 0 aliphatic carbocycles. The minimum atomic E-state index is -0.543. The molecule has 6 heteroatoms. The number of aromatic nitrogens is 1. The fourth-order valence-electron chi connectivity index (χ4n) is 1.95. The Morgan fingerprint density at radius 2 is 2.29 bits per heavy atom. The number of nitrogens with two attached hydrogens (primary N) is 1. The van der Waals surface area contributed by atoms with Gasteiger partial charge in [-0.3, -0.25) is 10.1 Å². The molecule has 0 atom stereocenters. The maximum absolute atomic E-state index is 12.2. The number of rotatable bonds is 3. The highest BCUT2D eigenvalue weighted by Gasteiger charge is 2.39. The average Bonchev–Trinajstić information content (AvgIpc) is 2.75. The zero-order valence-electron chi connectivity index (χ0n) is 9.86. The van der Waals surface area contributed by atoms with Crippen LogP contribution in [0.3, 0.4) is 0 Å². The molecule has 1 aliphatic heterocycles. The Morgan fingerprint density at radius 3 is 2.82 bits per heavy atom. The van der Waals surface area contributed by atoms with Gasteiger partial charge in [-0.2, -0.15) is 0 Å². The topological polar surface area (TPSA) is 90.4 Å². The second kappa shape index (κ2) is 4.85. The lowest BCUT2D eigenvalue weighted by Crippen LogP contribution is -2.46. The molecule has 1 fully saturated rings. The van der Waals surface area contributed by atoms with E-state index in [1.54, 1.807) is 13.0 Å². The van der Waals surface area contributed by atoms with Crippen LogP contribution in [-0.4, -0.2) is 30.8 Å². The van der Waals surface area contributed by atoms with Gasteiger partial charge < -0.3 is 15.0 Å².